The number of fused-ring (bicyclic) bond motifs is 1. The molecule has 0 aliphatic rings. The van der Waals surface area contributed by atoms with Gasteiger partial charge in [-0.15, -0.1) is 4.73 Å². The SMILES string of the molecule is COC(=O)n1ncc2c(NC(=O)On3c(O)ccc3O)cccc21. The normalized spacial score (nSPS) is 10.5. The molecule has 10 nitrogen and oxygen atoms in total. The lowest BCUT2D eigenvalue weighted by Gasteiger charge is -2.09. The number of aromatic hydroxyl groups is 2. The zero-order chi connectivity index (χ0) is 17.3. The van der Waals surface area contributed by atoms with E-state index >= 15 is 0 Å². The molecular weight excluding hydrogens is 320 g/mol. The third kappa shape index (κ3) is 2.56. The highest BCUT2D eigenvalue weighted by Gasteiger charge is 2.16. The topological polar surface area (TPSA) is 128 Å². The molecule has 0 bridgehead atoms. The average Bonchev–Trinajstić information content (AvgIpc) is 3.13. The number of nitrogens with zero attached hydrogens (tertiary/aromatic N) is 3. The van der Waals surface area contributed by atoms with Gasteiger partial charge in [0.25, 0.3) is 0 Å². The number of ether oxygens (including phenoxy) is 1. The van der Waals surface area contributed by atoms with Crippen LogP contribution in [0.1, 0.15) is 0 Å². The first kappa shape index (κ1) is 15.2. The molecule has 0 aliphatic heterocycles. The highest BCUT2D eigenvalue weighted by atomic mass is 16.7. The van der Waals surface area contributed by atoms with Crippen molar-refractivity contribution < 1.29 is 29.4 Å². The molecule has 3 rings (SSSR count). The van der Waals surface area contributed by atoms with Gasteiger partial charge in [0, 0.05) is 17.5 Å². The second-order valence-corrected chi connectivity index (χ2v) is 4.61. The maximum atomic E-state index is 11.9. The molecule has 24 heavy (non-hydrogen) atoms. The first-order chi connectivity index (χ1) is 11.5. The summed E-state index contributed by atoms with van der Waals surface area (Å²) in [7, 11) is 1.23. The van der Waals surface area contributed by atoms with Gasteiger partial charge >= 0.3 is 12.2 Å². The predicted molar refractivity (Wildman–Crippen MR) is 80.9 cm³/mol. The number of hydrogen-bond acceptors (Lipinski definition) is 7. The average molecular weight is 332 g/mol. The lowest BCUT2D eigenvalue weighted by Crippen LogP contribution is -2.24. The van der Waals surface area contributed by atoms with Gasteiger partial charge in [-0.05, 0) is 12.1 Å². The van der Waals surface area contributed by atoms with E-state index in [0.717, 1.165) is 16.8 Å². The van der Waals surface area contributed by atoms with Crippen molar-refractivity contribution in [3.05, 3.63) is 36.5 Å². The van der Waals surface area contributed by atoms with E-state index in [-0.39, 0.29) is 0 Å². The van der Waals surface area contributed by atoms with E-state index in [0.29, 0.717) is 21.3 Å². The van der Waals surface area contributed by atoms with Crippen LogP contribution in [-0.4, -0.2) is 44.0 Å². The molecule has 1 amide bonds. The number of anilines is 1. The summed E-state index contributed by atoms with van der Waals surface area (Å²) in [5.41, 5.74) is 0.741. The number of benzene rings is 1. The molecule has 0 atom stereocenters. The molecule has 2 aromatic heterocycles. The standard InChI is InChI=1S/C14H12N4O6/c1-23-14(22)17-10-4-2-3-9(8(10)7-15-17)16-13(21)24-18-11(19)5-6-12(18)20/h2-7,19-20H,1H3,(H,16,21). The van der Waals surface area contributed by atoms with Gasteiger partial charge in [0.1, 0.15) is 0 Å². The van der Waals surface area contributed by atoms with Crippen LogP contribution in [0.25, 0.3) is 10.9 Å². The number of carbonyl (C=O) groups excluding carboxylic acids is 2. The lowest BCUT2D eigenvalue weighted by molar-refractivity contribution is 0.120. The lowest BCUT2D eigenvalue weighted by atomic mass is 10.2. The summed E-state index contributed by atoms with van der Waals surface area (Å²) in [6, 6.07) is 7.11. The van der Waals surface area contributed by atoms with Gasteiger partial charge < -0.3 is 19.8 Å². The van der Waals surface area contributed by atoms with Gasteiger partial charge in [0.15, 0.2) is 0 Å². The molecule has 2 heterocycles. The first-order valence-corrected chi connectivity index (χ1v) is 6.65. The molecule has 0 saturated carbocycles. The van der Waals surface area contributed by atoms with Gasteiger partial charge in [-0.2, -0.15) is 9.78 Å². The molecule has 0 spiro atoms. The molecule has 1 aromatic carbocycles. The number of methoxy groups -OCH3 is 1. The van der Waals surface area contributed by atoms with E-state index in [4.69, 9.17) is 4.84 Å². The number of carbonyl (C=O) groups is 2. The molecule has 3 aromatic rings. The summed E-state index contributed by atoms with van der Waals surface area (Å²) in [5, 5.41) is 25.7. The predicted octanol–water partition coefficient (Wildman–Crippen LogP) is 1.52. The smallest absolute Gasteiger partial charge is 0.436 e. The number of rotatable bonds is 2. The maximum Gasteiger partial charge on any atom is 0.436 e. The largest absolute Gasteiger partial charge is 0.492 e. The van der Waals surface area contributed by atoms with Crippen LogP contribution in [0.4, 0.5) is 15.3 Å². The zero-order valence-corrected chi connectivity index (χ0v) is 12.3. The summed E-state index contributed by atoms with van der Waals surface area (Å²) in [5.74, 6) is -0.890. The minimum absolute atomic E-state index is 0.318. The third-order valence-electron chi connectivity index (χ3n) is 3.17. The van der Waals surface area contributed by atoms with Crippen molar-refractivity contribution >= 4 is 28.8 Å². The highest BCUT2D eigenvalue weighted by Crippen LogP contribution is 2.24. The Kier molecular flexibility index (Phi) is 3.70. The third-order valence-corrected chi connectivity index (χ3v) is 3.17. The Morgan fingerprint density at radius 1 is 1.17 bits per heavy atom. The maximum absolute atomic E-state index is 11.9. The van der Waals surface area contributed by atoms with E-state index < -0.39 is 23.9 Å². The second kappa shape index (κ2) is 5.83. The van der Waals surface area contributed by atoms with Gasteiger partial charge in [0.2, 0.25) is 11.8 Å². The van der Waals surface area contributed by atoms with Crippen LogP contribution in [0.15, 0.2) is 36.5 Å². The molecule has 0 aliphatic carbocycles. The van der Waals surface area contributed by atoms with Gasteiger partial charge in [0.05, 0.1) is 24.5 Å². The van der Waals surface area contributed by atoms with E-state index in [1.54, 1.807) is 18.2 Å². The minimum Gasteiger partial charge on any atom is -0.492 e. The Bertz CT molecular complexity index is 909. The van der Waals surface area contributed by atoms with Gasteiger partial charge in [-0.1, -0.05) is 6.07 Å². The van der Waals surface area contributed by atoms with Gasteiger partial charge in [-0.3, -0.25) is 5.32 Å². The number of nitrogens with one attached hydrogen (secondary N) is 1. The monoisotopic (exact) mass is 332 g/mol. The van der Waals surface area contributed by atoms with E-state index in [1.807, 2.05) is 0 Å². The van der Waals surface area contributed by atoms with Crippen LogP contribution >= 0.6 is 0 Å². The van der Waals surface area contributed by atoms with Crippen LogP contribution in [0.3, 0.4) is 0 Å². The summed E-state index contributed by atoms with van der Waals surface area (Å²) in [6.45, 7) is 0. The minimum atomic E-state index is -0.963. The quantitative estimate of drug-likeness (QED) is 0.649. The van der Waals surface area contributed by atoms with Crippen molar-refractivity contribution in [3.63, 3.8) is 0 Å². The number of aromatic nitrogens is 3. The molecular formula is C14H12N4O6. The Labute approximate surface area is 134 Å². The van der Waals surface area contributed by atoms with Crippen molar-refractivity contribution in [1.82, 2.24) is 14.5 Å². The Morgan fingerprint density at radius 2 is 1.88 bits per heavy atom. The fourth-order valence-corrected chi connectivity index (χ4v) is 2.10. The molecule has 0 fully saturated rings. The van der Waals surface area contributed by atoms with Crippen molar-refractivity contribution in [2.75, 3.05) is 12.4 Å². The zero-order valence-electron chi connectivity index (χ0n) is 12.3. The fraction of sp³-hybridized carbons (Fsp3) is 0.0714. The van der Waals surface area contributed by atoms with Crippen molar-refractivity contribution in [2.45, 2.75) is 0 Å². The molecule has 3 N–H and O–H groups in total. The highest BCUT2D eigenvalue weighted by molar-refractivity contribution is 6.00. The summed E-state index contributed by atoms with van der Waals surface area (Å²) in [4.78, 5) is 28.3. The first-order valence-electron chi connectivity index (χ1n) is 6.65. The van der Waals surface area contributed by atoms with Crippen LogP contribution < -0.4 is 10.2 Å². The fourth-order valence-electron chi connectivity index (χ4n) is 2.10. The van der Waals surface area contributed by atoms with Crippen molar-refractivity contribution in [1.29, 1.82) is 0 Å². The van der Waals surface area contributed by atoms with Crippen molar-refractivity contribution in [2.24, 2.45) is 0 Å². The summed E-state index contributed by atoms with van der Waals surface area (Å²) >= 11 is 0. The number of hydrogen-bond donors (Lipinski definition) is 3. The van der Waals surface area contributed by atoms with Crippen LogP contribution in [0.2, 0.25) is 0 Å². The van der Waals surface area contributed by atoms with Crippen molar-refractivity contribution in [3.8, 4) is 11.8 Å². The van der Waals surface area contributed by atoms with Gasteiger partial charge in [-0.25, -0.2) is 9.59 Å². The molecule has 10 heteroatoms. The summed E-state index contributed by atoms with van der Waals surface area (Å²) in [6.07, 6.45) is -0.256. The molecule has 0 unspecified atom stereocenters. The number of amides is 1. The Morgan fingerprint density at radius 3 is 2.54 bits per heavy atom. The molecule has 0 saturated heterocycles. The summed E-state index contributed by atoms with van der Waals surface area (Å²) < 4.78 is 6.20. The van der Waals surface area contributed by atoms with E-state index in [2.05, 4.69) is 15.2 Å². The molecule has 0 radical (unpaired) electrons. The van der Waals surface area contributed by atoms with Crippen LogP contribution in [0, 0.1) is 0 Å². The van der Waals surface area contributed by atoms with E-state index in [9.17, 15) is 19.8 Å². The van der Waals surface area contributed by atoms with Crippen LogP contribution in [-0.2, 0) is 4.74 Å². The van der Waals surface area contributed by atoms with Crippen LogP contribution in [0.5, 0.6) is 11.8 Å². The Balaban J connectivity index is 1.86. The van der Waals surface area contributed by atoms with E-state index in [1.165, 1.54) is 13.3 Å². The second-order valence-electron chi connectivity index (χ2n) is 4.61. The Hall–Kier alpha value is -3.69. The molecule has 124 valence electrons.